The summed E-state index contributed by atoms with van der Waals surface area (Å²) in [5.41, 5.74) is 10.2. The Morgan fingerprint density at radius 3 is 2.21 bits per heavy atom. The number of hydrogen-bond acceptors (Lipinski definition) is 3. The SMILES string of the molecule is Cc1nn(-c2cccc(Oc3ccc4c5cc(C(C)C(C)C)ccc5n(-c5cc(C(C)C)ccn5)c4c3)c2)c(C)c1-c1ccccc1. The minimum absolute atomic E-state index is 0.403. The van der Waals surface area contributed by atoms with Crippen LogP contribution in [0.15, 0.2) is 109 Å². The van der Waals surface area contributed by atoms with E-state index >= 15 is 0 Å². The fourth-order valence-corrected chi connectivity index (χ4v) is 6.64. The van der Waals surface area contributed by atoms with Gasteiger partial charge in [-0.05, 0) is 96.8 Å². The molecule has 0 spiro atoms. The summed E-state index contributed by atoms with van der Waals surface area (Å²) in [6.45, 7) is 15.5. The van der Waals surface area contributed by atoms with Crippen molar-refractivity contribution in [2.45, 2.75) is 60.3 Å². The lowest BCUT2D eigenvalue weighted by molar-refractivity contribution is 0.482. The van der Waals surface area contributed by atoms with Crippen molar-refractivity contribution < 1.29 is 4.74 Å². The Bertz CT molecular complexity index is 2220. The summed E-state index contributed by atoms with van der Waals surface area (Å²) in [4.78, 5) is 4.86. The van der Waals surface area contributed by atoms with Crippen LogP contribution in [-0.2, 0) is 0 Å². The van der Waals surface area contributed by atoms with Gasteiger partial charge in [-0.2, -0.15) is 5.10 Å². The van der Waals surface area contributed by atoms with E-state index < -0.39 is 0 Å². The summed E-state index contributed by atoms with van der Waals surface area (Å²) in [6, 6.07) is 36.2. The molecule has 0 N–H and O–H groups in total. The van der Waals surface area contributed by atoms with Gasteiger partial charge in [0.05, 0.1) is 22.4 Å². The highest BCUT2D eigenvalue weighted by molar-refractivity contribution is 6.09. The van der Waals surface area contributed by atoms with Crippen LogP contribution in [0.1, 0.15) is 69.0 Å². The van der Waals surface area contributed by atoms with Gasteiger partial charge in [0.1, 0.15) is 17.3 Å². The van der Waals surface area contributed by atoms with Crippen LogP contribution in [0.5, 0.6) is 11.5 Å². The smallest absolute Gasteiger partial charge is 0.137 e. The number of pyridine rings is 1. The lowest BCUT2D eigenvalue weighted by Gasteiger charge is -2.16. The van der Waals surface area contributed by atoms with Crippen LogP contribution < -0.4 is 4.74 Å². The molecule has 7 aromatic rings. The number of nitrogens with zero attached hydrogens (tertiary/aromatic N) is 4. The van der Waals surface area contributed by atoms with Crippen molar-refractivity contribution in [1.82, 2.24) is 19.3 Å². The molecule has 0 aliphatic carbocycles. The third-order valence-electron chi connectivity index (χ3n) is 9.60. The van der Waals surface area contributed by atoms with Crippen molar-refractivity contribution in [3.63, 3.8) is 0 Å². The van der Waals surface area contributed by atoms with Crippen LogP contribution in [0.25, 0.3) is 44.4 Å². The molecule has 0 aliphatic rings. The van der Waals surface area contributed by atoms with Gasteiger partial charge >= 0.3 is 0 Å². The van der Waals surface area contributed by atoms with Crippen molar-refractivity contribution in [1.29, 1.82) is 0 Å². The third-order valence-corrected chi connectivity index (χ3v) is 9.60. The maximum absolute atomic E-state index is 6.58. The highest BCUT2D eigenvalue weighted by atomic mass is 16.5. The largest absolute Gasteiger partial charge is 0.457 e. The zero-order valence-electron chi connectivity index (χ0n) is 28.3. The van der Waals surface area contributed by atoms with Gasteiger partial charge in [0, 0.05) is 40.4 Å². The standard InChI is InChI=1S/C42H42N4O/c1-26(2)28(5)33-16-19-39-38(22-33)37-18-17-36(25-40(37)45(39)41-23-32(27(3)4)20-21-43-41)47-35-15-11-14-34(24-35)46-30(7)42(29(6)44-46)31-12-9-8-10-13-31/h8-28H,1-7H3. The zero-order chi connectivity index (χ0) is 32.8. The Kier molecular flexibility index (Phi) is 7.93. The molecule has 236 valence electrons. The average Bonchev–Trinajstić information content (AvgIpc) is 3.56. The van der Waals surface area contributed by atoms with Crippen molar-refractivity contribution in [3.05, 3.63) is 132 Å². The number of ether oxygens (including phenoxy) is 1. The minimum Gasteiger partial charge on any atom is -0.457 e. The average molecular weight is 619 g/mol. The number of aromatic nitrogens is 4. The van der Waals surface area contributed by atoms with E-state index in [1.54, 1.807) is 0 Å². The van der Waals surface area contributed by atoms with E-state index in [4.69, 9.17) is 14.8 Å². The quantitative estimate of drug-likeness (QED) is 0.170. The van der Waals surface area contributed by atoms with Gasteiger partial charge in [0.2, 0.25) is 0 Å². The summed E-state index contributed by atoms with van der Waals surface area (Å²) in [5, 5.41) is 7.33. The molecule has 4 aromatic carbocycles. The molecular formula is C42H42N4O. The van der Waals surface area contributed by atoms with Gasteiger partial charge in [-0.15, -0.1) is 0 Å². The molecule has 1 unspecified atom stereocenters. The molecule has 3 aromatic heterocycles. The van der Waals surface area contributed by atoms with Crippen LogP contribution in [0, 0.1) is 19.8 Å². The second-order valence-electron chi connectivity index (χ2n) is 13.3. The first-order valence-electron chi connectivity index (χ1n) is 16.6. The Labute approximate surface area is 277 Å². The van der Waals surface area contributed by atoms with E-state index in [1.165, 1.54) is 27.5 Å². The molecule has 3 heterocycles. The highest BCUT2D eigenvalue weighted by Crippen LogP contribution is 2.38. The molecular weight excluding hydrogens is 576 g/mol. The van der Waals surface area contributed by atoms with Crippen LogP contribution in [0.4, 0.5) is 0 Å². The normalized spacial score (nSPS) is 12.4. The maximum Gasteiger partial charge on any atom is 0.137 e. The van der Waals surface area contributed by atoms with Gasteiger partial charge in [0.25, 0.3) is 0 Å². The van der Waals surface area contributed by atoms with E-state index in [0.717, 1.165) is 51.0 Å². The highest BCUT2D eigenvalue weighted by Gasteiger charge is 2.19. The van der Waals surface area contributed by atoms with Gasteiger partial charge in [0.15, 0.2) is 0 Å². The first kappa shape index (κ1) is 30.5. The number of hydrogen-bond donors (Lipinski definition) is 0. The van der Waals surface area contributed by atoms with E-state index in [-0.39, 0.29) is 0 Å². The van der Waals surface area contributed by atoms with Crippen LogP contribution in [-0.4, -0.2) is 19.3 Å². The molecule has 0 amide bonds. The third kappa shape index (κ3) is 5.61. The maximum atomic E-state index is 6.58. The lowest BCUT2D eigenvalue weighted by Crippen LogP contribution is -2.02. The second kappa shape index (κ2) is 12.2. The molecule has 0 aliphatic heterocycles. The first-order chi connectivity index (χ1) is 22.7. The van der Waals surface area contributed by atoms with E-state index in [0.29, 0.717) is 17.8 Å². The van der Waals surface area contributed by atoms with Crippen molar-refractivity contribution in [3.8, 4) is 34.1 Å². The summed E-state index contributed by atoms with van der Waals surface area (Å²) in [7, 11) is 0. The Balaban J connectivity index is 1.31. The second-order valence-corrected chi connectivity index (χ2v) is 13.3. The van der Waals surface area contributed by atoms with Crippen molar-refractivity contribution >= 4 is 21.8 Å². The molecule has 0 saturated heterocycles. The molecule has 0 radical (unpaired) electrons. The van der Waals surface area contributed by atoms with Gasteiger partial charge in [-0.1, -0.05) is 77.1 Å². The summed E-state index contributed by atoms with van der Waals surface area (Å²) in [5.74, 6) is 3.86. The number of rotatable bonds is 8. The lowest BCUT2D eigenvalue weighted by atomic mass is 9.89. The minimum atomic E-state index is 0.403. The number of aryl methyl sites for hydroxylation is 1. The van der Waals surface area contributed by atoms with Crippen LogP contribution in [0.3, 0.4) is 0 Å². The molecule has 7 rings (SSSR count). The Morgan fingerprint density at radius 2 is 1.45 bits per heavy atom. The van der Waals surface area contributed by atoms with Gasteiger partial charge in [-0.25, -0.2) is 9.67 Å². The topological polar surface area (TPSA) is 44.9 Å². The van der Waals surface area contributed by atoms with Gasteiger partial charge < -0.3 is 4.74 Å². The molecule has 0 fully saturated rings. The molecule has 0 saturated carbocycles. The van der Waals surface area contributed by atoms with E-state index in [1.807, 2.05) is 29.1 Å². The fourth-order valence-electron chi connectivity index (χ4n) is 6.64. The van der Waals surface area contributed by atoms with E-state index in [9.17, 15) is 0 Å². The molecule has 5 heteroatoms. The summed E-state index contributed by atoms with van der Waals surface area (Å²) in [6.07, 6.45) is 1.92. The number of fused-ring (bicyclic) bond motifs is 3. The molecule has 1 atom stereocenters. The zero-order valence-corrected chi connectivity index (χ0v) is 28.3. The molecule has 47 heavy (non-hydrogen) atoms. The van der Waals surface area contributed by atoms with Gasteiger partial charge in [-0.3, -0.25) is 4.57 Å². The predicted molar refractivity (Wildman–Crippen MR) is 194 cm³/mol. The monoisotopic (exact) mass is 618 g/mol. The Hall–Kier alpha value is -5.16. The predicted octanol–water partition coefficient (Wildman–Crippen LogP) is 11.3. The van der Waals surface area contributed by atoms with Crippen molar-refractivity contribution in [2.75, 3.05) is 0 Å². The molecule has 5 nitrogen and oxygen atoms in total. The summed E-state index contributed by atoms with van der Waals surface area (Å²) >= 11 is 0. The fraction of sp³-hybridized carbons (Fsp3) is 0.238. The van der Waals surface area contributed by atoms with Crippen molar-refractivity contribution in [2.24, 2.45) is 5.92 Å². The molecule has 0 bridgehead atoms. The van der Waals surface area contributed by atoms with Crippen LogP contribution >= 0.6 is 0 Å². The number of benzene rings is 4. The first-order valence-corrected chi connectivity index (χ1v) is 16.6. The van der Waals surface area contributed by atoms with E-state index in [2.05, 4.69) is 138 Å². The Morgan fingerprint density at radius 1 is 0.660 bits per heavy atom. The summed E-state index contributed by atoms with van der Waals surface area (Å²) < 4.78 is 10.9. The van der Waals surface area contributed by atoms with Crippen LogP contribution in [0.2, 0.25) is 0 Å².